The van der Waals surface area contributed by atoms with E-state index in [1.54, 1.807) is 0 Å². The van der Waals surface area contributed by atoms with Crippen LogP contribution in [0.1, 0.15) is 33.7 Å². The van der Waals surface area contributed by atoms with Crippen molar-refractivity contribution in [2.24, 2.45) is 5.92 Å². The first kappa shape index (κ1) is 18.7. The lowest BCUT2D eigenvalue weighted by Gasteiger charge is -2.31. The Morgan fingerprint density at radius 2 is 1.77 bits per heavy atom. The number of Topliss-reactive ketones (excluding diaryl/α,β-unsaturated/α-hetero) is 1. The van der Waals surface area contributed by atoms with E-state index in [0.29, 0.717) is 12.8 Å². The molecule has 0 saturated carbocycles. The standard InChI is InChI=1S/C18H14Cl2F2N2O2/c19-13-2-4-15(20)23-16(13)18(26)24-7-5-10(6-8-24)17(25)12-9-11(21)1-3-14(12)22/h1-4,9-10H,5-8H2. The second-order valence-corrected chi connectivity index (χ2v) is 6.81. The average Bonchev–Trinajstić information content (AvgIpc) is 2.64. The molecule has 1 aliphatic heterocycles. The molecule has 0 aliphatic carbocycles. The van der Waals surface area contributed by atoms with E-state index in [1.807, 2.05) is 0 Å². The number of hydrogen-bond donors (Lipinski definition) is 0. The van der Waals surface area contributed by atoms with Crippen molar-refractivity contribution in [3.05, 3.63) is 63.4 Å². The van der Waals surface area contributed by atoms with Crippen molar-refractivity contribution in [1.29, 1.82) is 0 Å². The monoisotopic (exact) mass is 398 g/mol. The molecule has 0 bridgehead atoms. The molecule has 0 radical (unpaired) electrons. The summed E-state index contributed by atoms with van der Waals surface area (Å²) in [4.78, 5) is 30.5. The number of piperidine rings is 1. The summed E-state index contributed by atoms with van der Waals surface area (Å²) in [6, 6.07) is 5.79. The summed E-state index contributed by atoms with van der Waals surface area (Å²) in [7, 11) is 0. The molecule has 1 fully saturated rings. The quantitative estimate of drug-likeness (QED) is 0.568. The fourth-order valence-corrected chi connectivity index (χ4v) is 3.30. The van der Waals surface area contributed by atoms with Gasteiger partial charge in [-0.05, 0) is 43.2 Å². The minimum Gasteiger partial charge on any atom is -0.337 e. The maximum atomic E-state index is 13.8. The maximum Gasteiger partial charge on any atom is 0.274 e. The number of nitrogens with zero attached hydrogens (tertiary/aromatic N) is 2. The van der Waals surface area contributed by atoms with E-state index >= 15 is 0 Å². The van der Waals surface area contributed by atoms with Gasteiger partial charge in [0.2, 0.25) is 0 Å². The predicted octanol–water partition coefficient (Wildman–Crippen LogP) is 4.40. The molecular weight excluding hydrogens is 385 g/mol. The summed E-state index contributed by atoms with van der Waals surface area (Å²) in [5.41, 5.74) is -0.200. The van der Waals surface area contributed by atoms with Gasteiger partial charge in [0.15, 0.2) is 5.78 Å². The third-order valence-electron chi connectivity index (χ3n) is 4.36. The lowest BCUT2D eigenvalue weighted by atomic mass is 9.88. The second-order valence-electron chi connectivity index (χ2n) is 6.02. The van der Waals surface area contributed by atoms with Crippen molar-refractivity contribution in [2.75, 3.05) is 13.1 Å². The lowest BCUT2D eigenvalue weighted by Crippen LogP contribution is -2.40. The number of aromatic nitrogens is 1. The number of benzene rings is 1. The van der Waals surface area contributed by atoms with Crippen LogP contribution in [-0.2, 0) is 0 Å². The maximum absolute atomic E-state index is 13.8. The number of pyridine rings is 1. The molecule has 136 valence electrons. The van der Waals surface area contributed by atoms with Crippen LogP contribution in [-0.4, -0.2) is 34.7 Å². The van der Waals surface area contributed by atoms with Crippen molar-refractivity contribution in [1.82, 2.24) is 9.88 Å². The number of rotatable bonds is 3. The average molecular weight is 399 g/mol. The molecule has 3 rings (SSSR count). The number of amides is 1. The van der Waals surface area contributed by atoms with Crippen LogP contribution in [0.5, 0.6) is 0 Å². The summed E-state index contributed by atoms with van der Waals surface area (Å²) in [5.74, 6) is -2.71. The van der Waals surface area contributed by atoms with Crippen molar-refractivity contribution < 1.29 is 18.4 Å². The van der Waals surface area contributed by atoms with Crippen molar-refractivity contribution in [3.8, 4) is 0 Å². The fraction of sp³-hybridized carbons (Fsp3) is 0.278. The van der Waals surface area contributed by atoms with E-state index < -0.39 is 23.3 Å². The molecule has 0 spiro atoms. The number of carbonyl (C=O) groups is 2. The Balaban J connectivity index is 1.69. The highest BCUT2D eigenvalue weighted by atomic mass is 35.5. The van der Waals surface area contributed by atoms with Crippen molar-refractivity contribution in [3.63, 3.8) is 0 Å². The van der Waals surface area contributed by atoms with Gasteiger partial charge in [0.1, 0.15) is 22.5 Å². The molecule has 1 aromatic carbocycles. The summed E-state index contributed by atoms with van der Waals surface area (Å²) in [6.45, 7) is 0.577. The van der Waals surface area contributed by atoms with E-state index in [2.05, 4.69) is 4.98 Å². The van der Waals surface area contributed by atoms with Crippen LogP contribution in [0.2, 0.25) is 10.2 Å². The zero-order valence-electron chi connectivity index (χ0n) is 13.5. The molecule has 1 aromatic heterocycles. The third kappa shape index (κ3) is 3.86. The minimum absolute atomic E-state index is 0.0557. The molecule has 0 N–H and O–H groups in total. The summed E-state index contributed by atoms with van der Waals surface area (Å²) in [5, 5.41) is 0.351. The Kier molecular flexibility index (Phi) is 5.53. The summed E-state index contributed by atoms with van der Waals surface area (Å²) in [6.07, 6.45) is 0.692. The van der Waals surface area contributed by atoms with Gasteiger partial charge in [0.05, 0.1) is 10.6 Å². The Morgan fingerprint density at radius 1 is 1.08 bits per heavy atom. The van der Waals surface area contributed by atoms with Crippen LogP contribution in [0, 0.1) is 17.6 Å². The summed E-state index contributed by atoms with van der Waals surface area (Å²) < 4.78 is 27.1. The normalized spacial score (nSPS) is 15.2. The molecule has 1 aliphatic rings. The predicted molar refractivity (Wildman–Crippen MR) is 93.6 cm³/mol. The molecule has 0 atom stereocenters. The second kappa shape index (κ2) is 7.68. The van der Waals surface area contributed by atoms with Gasteiger partial charge in [-0.3, -0.25) is 9.59 Å². The van der Waals surface area contributed by atoms with E-state index in [0.717, 1.165) is 18.2 Å². The van der Waals surface area contributed by atoms with Crippen LogP contribution in [0.4, 0.5) is 8.78 Å². The first-order valence-electron chi connectivity index (χ1n) is 7.97. The van der Waals surface area contributed by atoms with Gasteiger partial charge in [-0.2, -0.15) is 0 Å². The molecule has 0 unspecified atom stereocenters. The highest BCUT2D eigenvalue weighted by molar-refractivity contribution is 6.34. The minimum atomic E-state index is -0.746. The first-order chi connectivity index (χ1) is 12.4. The number of hydrogen-bond acceptors (Lipinski definition) is 3. The van der Waals surface area contributed by atoms with Crippen LogP contribution < -0.4 is 0 Å². The van der Waals surface area contributed by atoms with Crippen LogP contribution in [0.3, 0.4) is 0 Å². The zero-order chi connectivity index (χ0) is 18.8. The van der Waals surface area contributed by atoms with E-state index in [1.165, 1.54) is 17.0 Å². The molecule has 1 amide bonds. The van der Waals surface area contributed by atoms with Gasteiger partial charge >= 0.3 is 0 Å². The van der Waals surface area contributed by atoms with E-state index in [-0.39, 0.29) is 40.4 Å². The van der Waals surface area contributed by atoms with E-state index in [9.17, 15) is 18.4 Å². The lowest BCUT2D eigenvalue weighted by molar-refractivity contribution is 0.0644. The van der Waals surface area contributed by atoms with Crippen molar-refractivity contribution >= 4 is 34.9 Å². The number of ketones is 1. The van der Waals surface area contributed by atoms with Gasteiger partial charge in [0.25, 0.3) is 5.91 Å². The molecule has 2 heterocycles. The number of halogens is 4. The van der Waals surface area contributed by atoms with Gasteiger partial charge in [-0.1, -0.05) is 23.2 Å². The van der Waals surface area contributed by atoms with Gasteiger partial charge in [-0.15, -0.1) is 0 Å². The van der Waals surface area contributed by atoms with Crippen LogP contribution in [0.25, 0.3) is 0 Å². The Labute approximate surface area is 158 Å². The van der Waals surface area contributed by atoms with E-state index in [4.69, 9.17) is 23.2 Å². The fourth-order valence-electron chi connectivity index (χ4n) is 2.97. The number of carbonyl (C=O) groups excluding carboxylic acids is 2. The SMILES string of the molecule is O=C(c1cc(F)ccc1F)C1CCN(C(=O)c2nc(Cl)ccc2Cl)CC1. The van der Waals surface area contributed by atoms with Gasteiger partial charge < -0.3 is 4.90 Å². The third-order valence-corrected chi connectivity index (χ3v) is 4.88. The largest absolute Gasteiger partial charge is 0.337 e. The van der Waals surface area contributed by atoms with Gasteiger partial charge in [-0.25, -0.2) is 13.8 Å². The molecule has 1 saturated heterocycles. The molecule has 4 nitrogen and oxygen atoms in total. The first-order valence-corrected chi connectivity index (χ1v) is 8.73. The smallest absolute Gasteiger partial charge is 0.274 e. The molecule has 26 heavy (non-hydrogen) atoms. The molecule has 2 aromatic rings. The van der Waals surface area contributed by atoms with Gasteiger partial charge in [0, 0.05) is 19.0 Å². The topological polar surface area (TPSA) is 50.3 Å². The number of likely N-dealkylation sites (tertiary alicyclic amines) is 1. The highest BCUT2D eigenvalue weighted by Gasteiger charge is 2.31. The highest BCUT2D eigenvalue weighted by Crippen LogP contribution is 2.26. The summed E-state index contributed by atoms with van der Waals surface area (Å²) >= 11 is 11.8. The zero-order valence-corrected chi connectivity index (χ0v) is 15.0. The molecular formula is C18H14Cl2F2N2O2. The van der Waals surface area contributed by atoms with Crippen molar-refractivity contribution in [2.45, 2.75) is 12.8 Å². The van der Waals surface area contributed by atoms with Crippen LogP contribution in [0.15, 0.2) is 30.3 Å². The Bertz CT molecular complexity index is 797. The Morgan fingerprint density at radius 3 is 2.46 bits per heavy atom. The Hall–Kier alpha value is -2.05. The van der Waals surface area contributed by atoms with Crippen LogP contribution >= 0.6 is 23.2 Å². The molecule has 8 heteroatoms.